The molecule has 1 N–H and O–H groups in total. The zero-order chi connectivity index (χ0) is 18.6. The molecule has 0 radical (unpaired) electrons. The van der Waals surface area contributed by atoms with Gasteiger partial charge in [-0.2, -0.15) is 0 Å². The molecule has 0 bridgehead atoms. The average Bonchev–Trinajstić information content (AvgIpc) is 3.10. The minimum Gasteiger partial charge on any atom is -0.352 e. The molecule has 1 atom stereocenters. The van der Waals surface area contributed by atoms with Crippen LogP contribution in [0.5, 0.6) is 0 Å². The lowest BCUT2D eigenvalue weighted by atomic mass is 9.95. The van der Waals surface area contributed by atoms with Gasteiger partial charge in [0.25, 0.3) is 0 Å². The molecule has 1 fully saturated rings. The minimum atomic E-state index is -3.64. The maximum Gasteiger partial charge on any atom is 0.238 e. The van der Waals surface area contributed by atoms with Gasteiger partial charge in [0.2, 0.25) is 5.91 Å². The number of amides is 1. The average molecular weight is 394 g/mol. The van der Waals surface area contributed by atoms with Crippen LogP contribution in [0.1, 0.15) is 44.0 Å². The van der Waals surface area contributed by atoms with E-state index in [1.54, 1.807) is 0 Å². The number of benzene rings is 1. The van der Waals surface area contributed by atoms with Crippen molar-refractivity contribution in [3.63, 3.8) is 0 Å². The lowest BCUT2D eigenvalue weighted by Gasteiger charge is -2.24. The van der Waals surface area contributed by atoms with Gasteiger partial charge in [0.05, 0.1) is 0 Å². The number of sulfone groups is 1. The highest BCUT2D eigenvalue weighted by molar-refractivity contribution is 7.92. The summed E-state index contributed by atoms with van der Waals surface area (Å²) in [5.74, 6) is -0.679. The molecule has 1 aromatic carbocycles. The number of hydrogen-bond donors (Lipinski definition) is 1. The second-order valence-electron chi connectivity index (χ2n) is 6.66. The Hall–Kier alpha value is -1.80. The van der Waals surface area contributed by atoms with Crippen LogP contribution in [0, 0.1) is 0 Å². The zero-order valence-corrected chi connectivity index (χ0v) is 16.4. The normalized spacial score (nSPS) is 17.0. The maximum atomic E-state index is 12.6. The van der Waals surface area contributed by atoms with E-state index >= 15 is 0 Å². The molecule has 0 unspecified atom stereocenters. The molecular formula is C18H23N3O3S2. The second kappa shape index (κ2) is 8.26. The number of hydrogen-bond acceptors (Lipinski definition) is 6. The number of carbonyl (C=O) groups excluding carboxylic acids is 1. The third kappa shape index (κ3) is 4.67. The summed E-state index contributed by atoms with van der Waals surface area (Å²) in [6.07, 6.45) is 5.20. The van der Waals surface area contributed by atoms with E-state index in [1.807, 2.05) is 30.3 Å². The van der Waals surface area contributed by atoms with Gasteiger partial charge in [-0.25, -0.2) is 8.42 Å². The van der Waals surface area contributed by atoms with E-state index in [1.165, 1.54) is 24.7 Å². The molecule has 140 valence electrons. The van der Waals surface area contributed by atoms with Crippen LogP contribution in [0.25, 0.3) is 10.6 Å². The van der Waals surface area contributed by atoms with Crippen LogP contribution in [0.15, 0.2) is 30.3 Å². The smallest absolute Gasteiger partial charge is 0.238 e. The summed E-state index contributed by atoms with van der Waals surface area (Å²) in [5.41, 5.74) is 0.900. The van der Waals surface area contributed by atoms with Gasteiger partial charge < -0.3 is 5.32 Å². The van der Waals surface area contributed by atoms with Crippen molar-refractivity contribution in [3.8, 4) is 10.6 Å². The first kappa shape index (κ1) is 19.0. The van der Waals surface area contributed by atoms with Crippen LogP contribution in [0.4, 0.5) is 0 Å². The Bertz CT molecular complexity index is 844. The molecule has 8 heteroatoms. The van der Waals surface area contributed by atoms with Gasteiger partial charge in [-0.3, -0.25) is 4.79 Å². The van der Waals surface area contributed by atoms with Crippen LogP contribution in [-0.4, -0.2) is 35.8 Å². The minimum absolute atomic E-state index is 0.0973. The summed E-state index contributed by atoms with van der Waals surface area (Å²) in [6.45, 7) is 1.45. The highest BCUT2D eigenvalue weighted by atomic mass is 32.2. The molecule has 1 amide bonds. The molecule has 0 spiro atoms. The van der Waals surface area contributed by atoms with Crippen molar-refractivity contribution in [1.82, 2.24) is 15.5 Å². The van der Waals surface area contributed by atoms with E-state index in [0.717, 1.165) is 31.2 Å². The Morgan fingerprint density at radius 1 is 1.19 bits per heavy atom. The highest BCUT2D eigenvalue weighted by Crippen LogP contribution is 2.25. The van der Waals surface area contributed by atoms with Crippen LogP contribution in [-0.2, 0) is 20.4 Å². The third-order valence-corrected chi connectivity index (χ3v) is 7.79. The summed E-state index contributed by atoms with van der Waals surface area (Å²) in [6, 6.07) is 9.59. The SMILES string of the molecule is C[C@H](C(=O)NC1CCCCC1)S(=O)(=O)Cc1nnc(-c2ccccc2)s1. The monoisotopic (exact) mass is 393 g/mol. The molecule has 2 aromatic rings. The number of nitrogens with one attached hydrogen (secondary N) is 1. The van der Waals surface area contributed by atoms with Crippen molar-refractivity contribution in [2.75, 3.05) is 0 Å². The van der Waals surface area contributed by atoms with Crippen molar-refractivity contribution in [2.24, 2.45) is 0 Å². The predicted molar refractivity (Wildman–Crippen MR) is 102 cm³/mol. The Morgan fingerprint density at radius 2 is 1.88 bits per heavy atom. The summed E-state index contributed by atoms with van der Waals surface area (Å²) in [5, 5.41) is 10.9. The van der Waals surface area contributed by atoms with E-state index < -0.39 is 21.0 Å². The molecule has 1 aliphatic carbocycles. The molecule has 1 heterocycles. The largest absolute Gasteiger partial charge is 0.352 e. The fraction of sp³-hybridized carbons (Fsp3) is 0.500. The first-order valence-corrected chi connectivity index (χ1v) is 11.4. The van der Waals surface area contributed by atoms with E-state index in [4.69, 9.17) is 0 Å². The Labute approximate surface area is 158 Å². The van der Waals surface area contributed by atoms with Crippen molar-refractivity contribution >= 4 is 27.1 Å². The third-order valence-electron chi connectivity index (χ3n) is 4.67. The van der Waals surface area contributed by atoms with Gasteiger partial charge in [-0.15, -0.1) is 10.2 Å². The lowest BCUT2D eigenvalue weighted by Crippen LogP contribution is -2.44. The first-order chi connectivity index (χ1) is 12.5. The Kier molecular flexibility index (Phi) is 6.03. The van der Waals surface area contributed by atoms with Crippen LogP contribution >= 0.6 is 11.3 Å². The second-order valence-corrected chi connectivity index (χ2v) is 10.0. The maximum absolute atomic E-state index is 12.6. The number of nitrogens with zero attached hydrogens (tertiary/aromatic N) is 2. The van der Waals surface area contributed by atoms with Crippen molar-refractivity contribution in [3.05, 3.63) is 35.3 Å². The fourth-order valence-electron chi connectivity index (χ4n) is 3.03. The fourth-order valence-corrected chi connectivity index (χ4v) is 5.45. The van der Waals surface area contributed by atoms with Crippen LogP contribution < -0.4 is 5.32 Å². The van der Waals surface area contributed by atoms with E-state index in [-0.39, 0.29) is 11.8 Å². The van der Waals surface area contributed by atoms with Crippen LogP contribution in [0.2, 0.25) is 0 Å². The molecule has 0 saturated heterocycles. The molecule has 3 rings (SSSR count). The number of rotatable bonds is 6. The summed E-state index contributed by atoms with van der Waals surface area (Å²) < 4.78 is 25.2. The van der Waals surface area contributed by atoms with Gasteiger partial charge in [-0.1, -0.05) is 60.9 Å². The van der Waals surface area contributed by atoms with Crippen molar-refractivity contribution in [1.29, 1.82) is 0 Å². The molecule has 26 heavy (non-hydrogen) atoms. The lowest BCUT2D eigenvalue weighted by molar-refractivity contribution is -0.121. The summed E-state index contributed by atoms with van der Waals surface area (Å²) in [4.78, 5) is 12.4. The zero-order valence-electron chi connectivity index (χ0n) is 14.7. The summed E-state index contributed by atoms with van der Waals surface area (Å²) in [7, 11) is -3.64. The Morgan fingerprint density at radius 3 is 2.58 bits per heavy atom. The predicted octanol–water partition coefficient (Wildman–Crippen LogP) is 2.96. The van der Waals surface area contributed by atoms with Crippen molar-refractivity contribution < 1.29 is 13.2 Å². The van der Waals surface area contributed by atoms with Gasteiger partial charge in [0, 0.05) is 11.6 Å². The van der Waals surface area contributed by atoms with Gasteiger partial charge >= 0.3 is 0 Å². The van der Waals surface area contributed by atoms with E-state index in [0.29, 0.717) is 10.0 Å². The first-order valence-electron chi connectivity index (χ1n) is 8.85. The molecule has 1 aliphatic rings. The van der Waals surface area contributed by atoms with Gasteiger partial charge in [-0.05, 0) is 19.8 Å². The molecule has 6 nitrogen and oxygen atoms in total. The number of carbonyl (C=O) groups is 1. The summed E-state index contributed by atoms with van der Waals surface area (Å²) >= 11 is 1.24. The molecule has 1 aromatic heterocycles. The van der Waals surface area contributed by atoms with Gasteiger partial charge in [0.15, 0.2) is 9.84 Å². The molecule has 0 aliphatic heterocycles. The standard InChI is InChI=1S/C18H23N3O3S2/c1-13(17(22)19-15-10-6-3-7-11-15)26(23,24)12-16-20-21-18(25-16)14-8-4-2-5-9-14/h2,4-5,8-9,13,15H,3,6-7,10-12H2,1H3,(H,19,22)/t13-/m1/s1. The molecular weight excluding hydrogens is 370 g/mol. The van der Waals surface area contributed by atoms with Crippen molar-refractivity contribution in [2.45, 2.75) is 56.1 Å². The topological polar surface area (TPSA) is 89.0 Å². The Balaban J connectivity index is 1.64. The highest BCUT2D eigenvalue weighted by Gasteiger charge is 2.31. The molecule has 1 saturated carbocycles. The number of aromatic nitrogens is 2. The van der Waals surface area contributed by atoms with Gasteiger partial charge in [0.1, 0.15) is 21.0 Å². The van der Waals surface area contributed by atoms with Crippen LogP contribution in [0.3, 0.4) is 0 Å². The quantitative estimate of drug-likeness (QED) is 0.815. The van der Waals surface area contributed by atoms with E-state index in [2.05, 4.69) is 15.5 Å². The van der Waals surface area contributed by atoms with E-state index in [9.17, 15) is 13.2 Å².